The summed E-state index contributed by atoms with van der Waals surface area (Å²) in [7, 11) is 0. The van der Waals surface area contributed by atoms with Crippen molar-refractivity contribution in [3.8, 4) is 0 Å². The first-order chi connectivity index (χ1) is 10.8. The largest absolute Gasteiger partial charge is 0.481 e. The zero-order chi connectivity index (χ0) is 17.2. The van der Waals surface area contributed by atoms with Crippen molar-refractivity contribution in [2.45, 2.75) is 46.1 Å². The van der Waals surface area contributed by atoms with E-state index in [2.05, 4.69) is 4.98 Å². The van der Waals surface area contributed by atoms with E-state index in [4.69, 9.17) is 0 Å². The van der Waals surface area contributed by atoms with Gasteiger partial charge in [-0.3, -0.25) is 14.6 Å². The summed E-state index contributed by atoms with van der Waals surface area (Å²) in [4.78, 5) is 30.3. The number of likely N-dealkylation sites (tertiary alicyclic amines) is 1. The van der Waals surface area contributed by atoms with Gasteiger partial charge in [0.1, 0.15) is 5.41 Å². The van der Waals surface area contributed by atoms with Gasteiger partial charge in [-0.15, -0.1) is 0 Å². The van der Waals surface area contributed by atoms with Gasteiger partial charge in [0.25, 0.3) is 5.91 Å². The van der Waals surface area contributed by atoms with Crippen molar-refractivity contribution in [3.05, 3.63) is 29.1 Å². The Morgan fingerprint density at radius 3 is 2.48 bits per heavy atom. The maximum atomic E-state index is 12.7. The highest BCUT2D eigenvalue weighted by molar-refractivity contribution is 5.95. The summed E-state index contributed by atoms with van der Waals surface area (Å²) in [6.07, 6.45) is 0.340. The lowest BCUT2D eigenvalue weighted by atomic mass is 9.74. The molecule has 0 aromatic carbocycles. The molecule has 2 N–H and O–H groups in total. The third-order valence-electron chi connectivity index (χ3n) is 4.52. The Labute approximate surface area is 136 Å². The van der Waals surface area contributed by atoms with Gasteiger partial charge in [-0.2, -0.15) is 0 Å². The minimum Gasteiger partial charge on any atom is -0.481 e. The second kappa shape index (κ2) is 6.66. The Balaban J connectivity index is 2.29. The molecule has 0 aliphatic carbocycles. The molecular formula is C17H24N2O4. The Hall–Kier alpha value is -1.95. The molecular weight excluding hydrogens is 296 g/mol. The van der Waals surface area contributed by atoms with Crippen LogP contribution in [0.3, 0.4) is 0 Å². The van der Waals surface area contributed by atoms with Gasteiger partial charge < -0.3 is 15.1 Å². The van der Waals surface area contributed by atoms with Crippen LogP contribution in [0.5, 0.6) is 0 Å². The minimum absolute atomic E-state index is 0.0383. The minimum atomic E-state index is -1.28. The van der Waals surface area contributed by atoms with Crippen molar-refractivity contribution in [1.82, 2.24) is 9.88 Å². The first-order valence-electron chi connectivity index (χ1n) is 7.96. The lowest BCUT2D eigenvalue weighted by Crippen LogP contribution is -2.57. The summed E-state index contributed by atoms with van der Waals surface area (Å²) in [5.74, 6) is -1.24. The average Bonchev–Trinajstić information content (AvgIpc) is 2.47. The molecule has 23 heavy (non-hydrogen) atoms. The van der Waals surface area contributed by atoms with Gasteiger partial charge in [0, 0.05) is 30.0 Å². The smallest absolute Gasteiger partial charge is 0.314 e. The Morgan fingerprint density at radius 1 is 1.35 bits per heavy atom. The Kier molecular flexibility index (Phi) is 5.04. The molecule has 1 aromatic heterocycles. The van der Waals surface area contributed by atoms with Crippen LogP contribution in [-0.4, -0.2) is 51.2 Å². The van der Waals surface area contributed by atoms with E-state index < -0.39 is 17.5 Å². The molecule has 1 aliphatic rings. The number of hydrogen-bond acceptors (Lipinski definition) is 4. The quantitative estimate of drug-likeness (QED) is 0.882. The van der Waals surface area contributed by atoms with Crippen molar-refractivity contribution in [1.29, 1.82) is 0 Å². The molecule has 2 rings (SSSR count). The number of nitrogens with zero attached hydrogens (tertiary/aromatic N) is 2. The number of carbonyl (C=O) groups excluding carboxylic acids is 1. The van der Waals surface area contributed by atoms with Crippen molar-refractivity contribution in [2.75, 3.05) is 13.1 Å². The number of carbonyl (C=O) groups is 2. The first kappa shape index (κ1) is 17.4. The van der Waals surface area contributed by atoms with Gasteiger partial charge in [0.2, 0.25) is 0 Å². The van der Waals surface area contributed by atoms with Crippen LogP contribution in [-0.2, 0) is 4.79 Å². The standard InChI is InChI=1S/C17H24N2O4/c1-4-6-17(16(22)23)10-19(7-5-14(17)20)15(21)13-8-11(2)18-12(3)9-13/h8-9,14,20H,4-7,10H2,1-3H3,(H,22,23)/t14-,17-/m1/s1. The van der Waals surface area contributed by atoms with Crippen molar-refractivity contribution >= 4 is 11.9 Å². The molecule has 0 unspecified atom stereocenters. The highest BCUT2D eigenvalue weighted by Gasteiger charge is 2.49. The number of rotatable bonds is 4. The highest BCUT2D eigenvalue weighted by Crippen LogP contribution is 2.36. The molecule has 0 bridgehead atoms. The fourth-order valence-electron chi connectivity index (χ4n) is 3.40. The predicted molar refractivity (Wildman–Crippen MR) is 85.2 cm³/mol. The van der Waals surface area contributed by atoms with E-state index in [1.165, 1.54) is 0 Å². The summed E-state index contributed by atoms with van der Waals surface area (Å²) < 4.78 is 0. The van der Waals surface area contributed by atoms with Crippen LogP contribution in [0.25, 0.3) is 0 Å². The highest BCUT2D eigenvalue weighted by atomic mass is 16.4. The van der Waals surface area contributed by atoms with E-state index in [0.717, 1.165) is 11.4 Å². The number of hydrogen-bond donors (Lipinski definition) is 2. The van der Waals surface area contributed by atoms with Crippen molar-refractivity contribution < 1.29 is 19.8 Å². The second-order valence-corrected chi connectivity index (χ2v) is 6.38. The first-order valence-corrected chi connectivity index (χ1v) is 7.96. The summed E-state index contributed by atoms with van der Waals surface area (Å²) in [6, 6.07) is 3.42. The zero-order valence-electron chi connectivity index (χ0n) is 13.9. The van der Waals surface area contributed by atoms with E-state index >= 15 is 0 Å². The molecule has 1 aromatic rings. The van der Waals surface area contributed by atoms with E-state index in [1.807, 2.05) is 20.8 Å². The SMILES string of the molecule is CCC[C@@]1(C(=O)O)CN(C(=O)c2cc(C)nc(C)c2)CC[C@H]1O. The lowest BCUT2D eigenvalue weighted by Gasteiger charge is -2.43. The number of amides is 1. The number of aromatic nitrogens is 1. The summed E-state index contributed by atoms with van der Waals surface area (Å²) >= 11 is 0. The average molecular weight is 320 g/mol. The third kappa shape index (κ3) is 3.37. The maximum absolute atomic E-state index is 12.7. The second-order valence-electron chi connectivity index (χ2n) is 6.38. The Bertz CT molecular complexity index is 596. The van der Waals surface area contributed by atoms with Gasteiger partial charge in [-0.25, -0.2) is 0 Å². The van der Waals surface area contributed by atoms with Gasteiger partial charge in [-0.05, 0) is 38.8 Å². The van der Waals surface area contributed by atoms with Crippen LogP contribution in [0.15, 0.2) is 12.1 Å². The maximum Gasteiger partial charge on any atom is 0.314 e. The normalized spacial score (nSPS) is 24.5. The van der Waals surface area contributed by atoms with Crippen LogP contribution in [0, 0.1) is 19.3 Å². The fourth-order valence-corrected chi connectivity index (χ4v) is 3.40. The van der Waals surface area contributed by atoms with E-state index in [1.54, 1.807) is 17.0 Å². The predicted octanol–water partition coefficient (Wildman–Crippen LogP) is 1.78. The molecule has 2 heterocycles. The van der Waals surface area contributed by atoms with Gasteiger partial charge >= 0.3 is 5.97 Å². The number of piperidine rings is 1. The molecule has 126 valence electrons. The molecule has 6 heteroatoms. The number of carboxylic acid groups (broad SMARTS) is 1. The molecule has 1 fully saturated rings. The number of aliphatic hydroxyl groups excluding tert-OH is 1. The van der Waals surface area contributed by atoms with E-state index in [0.29, 0.717) is 24.9 Å². The lowest BCUT2D eigenvalue weighted by molar-refractivity contribution is -0.162. The van der Waals surface area contributed by atoms with Crippen LogP contribution in [0.4, 0.5) is 0 Å². The number of carboxylic acids is 1. The van der Waals surface area contributed by atoms with Crippen LogP contribution in [0.2, 0.25) is 0 Å². The summed E-state index contributed by atoms with van der Waals surface area (Å²) in [5, 5.41) is 19.9. The van der Waals surface area contributed by atoms with Gasteiger partial charge in [0.05, 0.1) is 6.10 Å². The molecule has 1 amide bonds. The third-order valence-corrected chi connectivity index (χ3v) is 4.52. The monoisotopic (exact) mass is 320 g/mol. The van der Waals surface area contributed by atoms with Crippen molar-refractivity contribution in [3.63, 3.8) is 0 Å². The topological polar surface area (TPSA) is 90.7 Å². The van der Waals surface area contributed by atoms with Crippen LogP contribution >= 0.6 is 0 Å². The van der Waals surface area contributed by atoms with E-state index in [9.17, 15) is 19.8 Å². The fraction of sp³-hybridized carbons (Fsp3) is 0.588. The van der Waals surface area contributed by atoms with E-state index in [-0.39, 0.29) is 18.9 Å². The molecule has 2 atom stereocenters. The Morgan fingerprint density at radius 2 is 1.96 bits per heavy atom. The van der Waals surface area contributed by atoms with Gasteiger partial charge in [-0.1, -0.05) is 13.3 Å². The zero-order valence-corrected chi connectivity index (χ0v) is 13.9. The summed E-state index contributed by atoms with van der Waals surface area (Å²) in [5.41, 5.74) is 0.744. The van der Waals surface area contributed by atoms with Gasteiger partial charge in [0.15, 0.2) is 0 Å². The number of aryl methyl sites for hydroxylation is 2. The van der Waals surface area contributed by atoms with Crippen molar-refractivity contribution in [2.24, 2.45) is 5.41 Å². The summed E-state index contributed by atoms with van der Waals surface area (Å²) in [6.45, 7) is 5.92. The van der Waals surface area contributed by atoms with Crippen LogP contribution in [0.1, 0.15) is 47.9 Å². The number of pyridine rings is 1. The number of aliphatic carboxylic acids is 1. The molecule has 0 radical (unpaired) electrons. The van der Waals surface area contributed by atoms with Crippen LogP contribution < -0.4 is 0 Å². The molecule has 1 saturated heterocycles. The molecule has 0 spiro atoms. The molecule has 1 aliphatic heterocycles. The molecule has 6 nitrogen and oxygen atoms in total. The molecule has 0 saturated carbocycles. The number of aliphatic hydroxyl groups is 1.